The van der Waals surface area contributed by atoms with Crippen LogP contribution in [0, 0.1) is 19.3 Å². The lowest BCUT2D eigenvalue weighted by atomic mass is 9.74. The molecule has 2 aromatic heterocycles. The molecule has 0 spiro atoms. The van der Waals surface area contributed by atoms with Gasteiger partial charge in [0, 0.05) is 18.2 Å². The zero-order valence-electron chi connectivity index (χ0n) is 16.8. The van der Waals surface area contributed by atoms with Crippen molar-refractivity contribution in [2.75, 3.05) is 0 Å². The van der Waals surface area contributed by atoms with Crippen molar-refractivity contribution in [3.8, 4) is 0 Å². The molecular weight excluding hydrogens is 352 g/mol. The van der Waals surface area contributed by atoms with Crippen LogP contribution in [0.3, 0.4) is 0 Å². The number of aromatic nitrogens is 3. The van der Waals surface area contributed by atoms with E-state index in [2.05, 4.69) is 46.1 Å². The first-order valence-electron chi connectivity index (χ1n) is 9.66. The van der Waals surface area contributed by atoms with Gasteiger partial charge in [-0.25, -0.2) is 4.98 Å². The molecule has 1 unspecified atom stereocenters. The number of amides is 1. The molecule has 1 aromatic carbocycles. The van der Waals surface area contributed by atoms with Gasteiger partial charge < -0.3 is 9.73 Å². The Bertz CT molecular complexity index is 1000. The summed E-state index contributed by atoms with van der Waals surface area (Å²) in [6, 6.07) is 10.2. The van der Waals surface area contributed by atoms with E-state index in [-0.39, 0.29) is 17.4 Å². The lowest BCUT2D eigenvalue weighted by Crippen LogP contribution is -2.37. The molecular formula is C22H26N4O2. The molecule has 1 atom stereocenters. The Morgan fingerprint density at radius 2 is 2.04 bits per heavy atom. The third kappa shape index (κ3) is 3.59. The maximum Gasteiger partial charge on any atom is 0.289 e. The Morgan fingerprint density at radius 1 is 1.29 bits per heavy atom. The van der Waals surface area contributed by atoms with Gasteiger partial charge in [0.05, 0.1) is 24.5 Å². The van der Waals surface area contributed by atoms with E-state index in [9.17, 15) is 4.79 Å². The van der Waals surface area contributed by atoms with Crippen LogP contribution < -0.4 is 5.32 Å². The molecule has 6 nitrogen and oxygen atoms in total. The average Bonchev–Trinajstić information content (AvgIpc) is 3.17. The van der Waals surface area contributed by atoms with Crippen LogP contribution in [0.15, 0.2) is 40.9 Å². The van der Waals surface area contributed by atoms with Gasteiger partial charge in [0.2, 0.25) is 5.76 Å². The molecule has 0 fully saturated rings. The summed E-state index contributed by atoms with van der Waals surface area (Å²) in [7, 11) is 0. The smallest absolute Gasteiger partial charge is 0.289 e. The fourth-order valence-corrected chi connectivity index (χ4v) is 4.08. The van der Waals surface area contributed by atoms with Crippen molar-refractivity contribution >= 4 is 5.91 Å². The number of nitrogens with one attached hydrogen (secondary N) is 1. The Labute approximate surface area is 165 Å². The molecule has 0 aliphatic heterocycles. The molecule has 1 aliphatic carbocycles. The number of aryl methyl sites for hydroxylation is 2. The van der Waals surface area contributed by atoms with E-state index in [0.29, 0.717) is 17.3 Å². The van der Waals surface area contributed by atoms with Gasteiger partial charge in [-0.3, -0.25) is 9.48 Å². The van der Waals surface area contributed by atoms with Crippen LogP contribution in [0.25, 0.3) is 0 Å². The van der Waals surface area contributed by atoms with Crippen LogP contribution in [0.2, 0.25) is 0 Å². The molecule has 4 rings (SSSR count). The van der Waals surface area contributed by atoms with Crippen molar-refractivity contribution < 1.29 is 9.21 Å². The van der Waals surface area contributed by atoms with Crippen LogP contribution in [0.4, 0.5) is 0 Å². The minimum absolute atomic E-state index is 0.0613. The summed E-state index contributed by atoms with van der Waals surface area (Å²) in [5, 5.41) is 7.79. The maximum absolute atomic E-state index is 12.8. The third-order valence-electron chi connectivity index (χ3n) is 5.35. The molecule has 1 aliphatic rings. The summed E-state index contributed by atoms with van der Waals surface area (Å²) in [5.41, 5.74) is 4.18. The lowest BCUT2D eigenvalue weighted by molar-refractivity contribution is 0.0888. The van der Waals surface area contributed by atoms with E-state index >= 15 is 0 Å². The first-order valence-corrected chi connectivity index (χ1v) is 9.66. The molecule has 0 saturated heterocycles. The number of nitrogens with zero attached hydrogens (tertiary/aromatic N) is 3. The van der Waals surface area contributed by atoms with Crippen LogP contribution >= 0.6 is 0 Å². The summed E-state index contributed by atoms with van der Waals surface area (Å²) in [6.45, 7) is 8.74. The Hall–Kier alpha value is -2.89. The molecule has 3 aromatic rings. The average molecular weight is 378 g/mol. The van der Waals surface area contributed by atoms with Gasteiger partial charge in [-0.15, -0.1) is 0 Å². The van der Waals surface area contributed by atoms with Crippen LogP contribution in [0.5, 0.6) is 0 Å². The zero-order chi connectivity index (χ0) is 19.9. The van der Waals surface area contributed by atoms with Crippen LogP contribution in [0.1, 0.15) is 65.3 Å². The summed E-state index contributed by atoms with van der Waals surface area (Å²) in [6.07, 6.45) is 3.69. The predicted octanol–water partition coefficient (Wildman–Crippen LogP) is 3.98. The Kier molecular flexibility index (Phi) is 4.57. The molecule has 28 heavy (non-hydrogen) atoms. The molecule has 1 N–H and O–H groups in total. The van der Waals surface area contributed by atoms with Gasteiger partial charge in [0.1, 0.15) is 0 Å². The normalized spacial score (nSPS) is 17.9. The van der Waals surface area contributed by atoms with Gasteiger partial charge >= 0.3 is 0 Å². The number of hydrogen-bond donors (Lipinski definition) is 1. The number of rotatable bonds is 4. The number of hydrogen-bond acceptors (Lipinski definition) is 4. The number of fused-ring (bicyclic) bond motifs is 1. The number of oxazole rings is 1. The Balaban J connectivity index is 1.62. The molecule has 0 bridgehead atoms. The fourth-order valence-electron chi connectivity index (χ4n) is 4.08. The predicted molar refractivity (Wildman–Crippen MR) is 106 cm³/mol. The monoisotopic (exact) mass is 378 g/mol. The summed E-state index contributed by atoms with van der Waals surface area (Å²) in [4.78, 5) is 17.0. The minimum atomic E-state index is -0.220. The molecule has 146 valence electrons. The van der Waals surface area contributed by atoms with Gasteiger partial charge in [-0.05, 0) is 30.7 Å². The largest absolute Gasteiger partial charge is 0.436 e. The summed E-state index contributed by atoms with van der Waals surface area (Å²) in [5.74, 6) is 0.574. The highest BCUT2D eigenvalue weighted by molar-refractivity contribution is 5.92. The SMILES string of the molecule is Cc1nc(C)c(C(=O)NC2CC(C)(C)Cc3c2cnn3Cc2ccccc2)o1. The van der Waals surface area contributed by atoms with Gasteiger partial charge in [-0.1, -0.05) is 44.2 Å². The van der Waals surface area contributed by atoms with Gasteiger partial charge in [-0.2, -0.15) is 5.10 Å². The van der Waals surface area contributed by atoms with E-state index in [1.165, 1.54) is 11.3 Å². The second-order valence-electron chi connectivity index (χ2n) is 8.41. The van der Waals surface area contributed by atoms with E-state index in [1.54, 1.807) is 13.8 Å². The van der Waals surface area contributed by atoms with Crippen molar-refractivity contribution in [1.29, 1.82) is 0 Å². The van der Waals surface area contributed by atoms with E-state index < -0.39 is 0 Å². The quantitative estimate of drug-likeness (QED) is 0.745. The molecule has 0 radical (unpaired) electrons. The molecule has 6 heteroatoms. The van der Waals surface area contributed by atoms with Gasteiger partial charge in [0.25, 0.3) is 5.91 Å². The highest BCUT2D eigenvalue weighted by Gasteiger charge is 2.36. The van der Waals surface area contributed by atoms with E-state index in [4.69, 9.17) is 4.42 Å². The molecule has 2 heterocycles. The first-order chi connectivity index (χ1) is 13.3. The van der Waals surface area contributed by atoms with Crippen molar-refractivity contribution in [2.24, 2.45) is 5.41 Å². The number of carbonyl (C=O) groups is 1. The minimum Gasteiger partial charge on any atom is -0.436 e. The van der Waals surface area contributed by atoms with Crippen molar-refractivity contribution in [3.05, 3.63) is 70.7 Å². The lowest BCUT2D eigenvalue weighted by Gasteiger charge is -2.35. The Morgan fingerprint density at radius 3 is 2.71 bits per heavy atom. The van der Waals surface area contributed by atoms with Crippen molar-refractivity contribution in [2.45, 2.75) is 53.1 Å². The molecule has 0 saturated carbocycles. The van der Waals surface area contributed by atoms with Crippen molar-refractivity contribution in [3.63, 3.8) is 0 Å². The van der Waals surface area contributed by atoms with E-state index in [1.807, 2.05) is 24.4 Å². The fraction of sp³-hybridized carbons (Fsp3) is 0.409. The van der Waals surface area contributed by atoms with Gasteiger partial charge in [0.15, 0.2) is 5.89 Å². The van der Waals surface area contributed by atoms with Crippen LogP contribution in [-0.4, -0.2) is 20.7 Å². The number of carbonyl (C=O) groups excluding carboxylic acids is 1. The van der Waals surface area contributed by atoms with Crippen LogP contribution in [-0.2, 0) is 13.0 Å². The second kappa shape index (κ2) is 6.93. The molecule has 1 amide bonds. The standard InChI is InChI=1S/C22H26N4O2/c1-14-20(28-15(2)24-14)21(27)25-18-10-22(3,4)11-19-17(18)12-23-26(19)13-16-8-6-5-7-9-16/h5-9,12,18H,10-11,13H2,1-4H3,(H,25,27). The summed E-state index contributed by atoms with van der Waals surface area (Å²) < 4.78 is 7.56. The highest BCUT2D eigenvalue weighted by atomic mass is 16.4. The first kappa shape index (κ1) is 18.5. The maximum atomic E-state index is 12.8. The third-order valence-corrected chi connectivity index (χ3v) is 5.35. The summed E-state index contributed by atoms with van der Waals surface area (Å²) >= 11 is 0. The van der Waals surface area contributed by atoms with Crippen molar-refractivity contribution in [1.82, 2.24) is 20.1 Å². The zero-order valence-corrected chi connectivity index (χ0v) is 16.8. The van der Waals surface area contributed by atoms with E-state index in [0.717, 1.165) is 24.9 Å². The highest BCUT2D eigenvalue weighted by Crippen LogP contribution is 2.41. The topological polar surface area (TPSA) is 73.0 Å². The second-order valence-corrected chi connectivity index (χ2v) is 8.41. The number of benzene rings is 1.